The van der Waals surface area contributed by atoms with Crippen molar-refractivity contribution in [3.8, 4) is 10.4 Å². The number of amides is 1. The number of anilines is 1. The lowest BCUT2D eigenvalue weighted by molar-refractivity contribution is -0.114. The quantitative estimate of drug-likeness (QED) is 0.905. The molecule has 1 heterocycles. The molecule has 2 aromatic rings. The molecule has 0 saturated carbocycles. The van der Waals surface area contributed by atoms with Crippen LogP contribution in [0.1, 0.15) is 17.4 Å². The number of hydrogen-bond acceptors (Lipinski definition) is 4. The van der Waals surface area contributed by atoms with E-state index >= 15 is 0 Å². The highest BCUT2D eigenvalue weighted by atomic mass is 32.1. The zero-order valence-electron chi connectivity index (χ0n) is 9.81. The van der Waals surface area contributed by atoms with E-state index in [1.54, 1.807) is 0 Å². The van der Waals surface area contributed by atoms with Crippen LogP contribution in [0, 0.1) is 5.82 Å². The van der Waals surface area contributed by atoms with Crippen molar-refractivity contribution in [2.75, 3.05) is 5.32 Å². The number of thiazole rings is 1. The van der Waals surface area contributed by atoms with Crippen molar-refractivity contribution >= 4 is 28.3 Å². The fourth-order valence-electron chi connectivity index (χ4n) is 1.47. The predicted molar refractivity (Wildman–Crippen MR) is 68.8 cm³/mol. The molecule has 2 N–H and O–H groups in total. The van der Waals surface area contributed by atoms with Crippen molar-refractivity contribution in [3.63, 3.8) is 0 Å². The largest absolute Gasteiger partial charge is 0.476 e. The highest BCUT2D eigenvalue weighted by Crippen LogP contribution is 2.33. The van der Waals surface area contributed by atoms with E-state index in [2.05, 4.69) is 10.3 Å². The van der Waals surface area contributed by atoms with Crippen LogP contribution in [0.2, 0.25) is 0 Å². The van der Waals surface area contributed by atoms with Gasteiger partial charge in [0.25, 0.3) is 0 Å². The number of carbonyl (C=O) groups excluding carboxylic acids is 1. The first kappa shape index (κ1) is 13.2. The number of carbonyl (C=O) groups is 2. The van der Waals surface area contributed by atoms with Crippen LogP contribution in [-0.4, -0.2) is 22.0 Å². The van der Waals surface area contributed by atoms with Crippen LogP contribution in [0.5, 0.6) is 0 Å². The van der Waals surface area contributed by atoms with Gasteiger partial charge in [0.2, 0.25) is 5.91 Å². The minimum atomic E-state index is -1.20. The molecule has 0 aliphatic heterocycles. The number of nitrogens with one attached hydrogen (secondary N) is 1. The number of rotatable bonds is 3. The second kappa shape index (κ2) is 5.15. The van der Waals surface area contributed by atoms with Gasteiger partial charge in [-0.3, -0.25) is 4.79 Å². The normalized spacial score (nSPS) is 10.2. The van der Waals surface area contributed by atoms with Crippen LogP contribution in [0.4, 0.5) is 9.52 Å². The summed E-state index contributed by atoms with van der Waals surface area (Å²) in [6, 6.07) is 5.40. The molecule has 19 heavy (non-hydrogen) atoms. The Balaban J connectivity index is 2.48. The van der Waals surface area contributed by atoms with Crippen molar-refractivity contribution in [1.29, 1.82) is 0 Å². The molecule has 0 aliphatic carbocycles. The summed E-state index contributed by atoms with van der Waals surface area (Å²) >= 11 is 1.03. The average Bonchev–Trinajstić information content (AvgIpc) is 2.73. The molecule has 0 aliphatic rings. The summed E-state index contributed by atoms with van der Waals surface area (Å²) < 4.78 is 12.9. The molecular weight excluding hydrogens is 271 g/mol. The molecular formula is C12H9FN2O3S. The number of carboxylic acid groups (broad SMARTS) is 1. The van der Waals surface area contributed by atoms with Gasteiger partial charge in [-0.2, -0.15) is 0 Å². The Morgan fingerprint density at radius 1 is 1.32 bits per heavy atom. The van der Waals surface area contributed by atoms with E-state index in [1.807, 2.05) is 0 Å². The minimum absolute atomic E-state index is 0.166. The van der Waals surface area contributed by atoms with Gasteiger partial charge in [-0.05, 0) is 17.7 Å². The predicted octanol–water partition coefficient (Wildman–Crippen LogP) is 2.61. The summed E-state index contributed by atoms with van der Waals surface area (Å²) in [5.41, 5.74) is 0.369. The molecule has 2 rings (SSSR count). The second-order valence-electron chi connectivity index (χ2n) is 3.69. The fraction of sp³-hybridized carbons (Fsp3) is 0.0833. The zero-order valence-corrected chi connectivity index (χ0v) is 10.6. The van der Waals surface area contributed by atoms with E-state index in [-0.39, 0.29) is 16.7 Å². The van der Waals surface area contributed by atoms with Crippen molar-refractivity contribution < 1.29 is 19.1 Å². The Labute approximate surface area is 111 Å². The van der Waals surface area contributed by atoms with Gasteiger partial charge < -0.3 is 10.4 Å². The van der Waals surface area contributed by atoms with Crippen LogP contribution in [-0.2, 0) is 4.79 Å². The molecule has 0 spiro atoms. The van der Waals surface area contributed by atoms with E-state index in [0.717, 1.165) is 11.3 Å². The van der Waals surface area contributed by atoms with E-state index < -0.39 is 11.8 Å². The SMILES string of the molecule is CC(=O)Nc1nc(C(=O)O)c(-c2ccc(F)cc2)s1. The summed E-state index contributed by atoms with van der Waals surface area (Å²) in [4.78, 5) is 26.3. The van der Waals surface area contributed by atoms with Crippen LogP contribution in [0.15, 0.2) is 24.3 Å². The molecule has 0 fully saturated rings. The maximum Gasteiger partial charge on any atom is 0.356 e. The summed E-state index contributed by atoms with van der Waals surface area (Å²) in [5.74, 6) is -1.95. The molecule has 0 radical (unpaired) electrons. The number of nitrogens with zero attached hydrogens (tertiary/aromatic N) is 1. The lowest BCUT2D eigenvalue weighted by atomic mass is 10.1. The lowest BCUT2D eigenvalue weighted by Gasteiger charge is -1.98. The lowest BCUT2D eigenvalue weighted by Crippen LogP contribution is -2.06. The van der Waals surface area contributed by atoms with Gasteiger partial charge >= 0.3 is 5.97 Å². The topological polar surface area (TPSA) is 79.3 Å². The van der Waals surface area contributed by atoms with Crippen molar-refractivity contribution in [2.45, 2.75) is 6.92 Å². The number of aromatic carboxylic acids is 1. The Hall–Kier alpha value is -2.28. The number of carboxylic acids is 1. The van der Waals surface area contributed by atoms with Gasteiger partial charge in [-0.1, -0.05) is 23.5 Å². The Morgan fingerprint density at radius 2 is 1.95 bits per heavy atom. The molecule has 5 nitrogen and oxygen atoms in total. The van der Waals surface area contributed by atoms with Crippen molar-refractivity contribution in [2.24, 2.45) is 0 Å². The van der Waals surface area contributed by atoms with Gasteiger partial charge in [0.05, 0.1) is 4.88 Å². The molecule has 0 atom stereocenters. The molecule has 0 bridgehead atoms. The standard InChI is InChI=1S/C12H9FN2O3S/c1-6(16)14-12-15-9(11(17)18)10(19-12)7-2-4-8(13)5-3-7/h2-5H,1H3,(H,17,18)(H,14,15,16). The average molecular weight is 280 g/mol. The Bertz CT molecular complexity index is 637. The van der Waals surface area contributed by atoms with Crippen molar-refractivity contribution in [1.82, 2.24) is 4.98 Å². The fourth-order valence-corrected chi connectivity index (χ4v) is 2.47. The summed E-state index contributed by atoms with van der Waals surface area (Å²) in [5, 5.41) is 11.7. The Kier molecular flexibility index (Phi) is 3.57. The second-order valence-corrected chi connectivity index (χ2v) is 4.69. The van der Waals surface area contributed by atoms with Gasteiger partial charge in [-0.15, -0.1) is 0 Å². The van der Waals surface area contributed by atoms with E-state index in [1.165, 1.54) is 31.2 Å². The molecule has 0 saturated heterocycles. The molecule has 1 aromatic heterocycles. The minimum Gasteiger partial charge on any atom is -0.476 e. The van der Waals surface area contributed by atoms with E-state index in [4.69, 9.17) is 5.11 Å². The molecule has 98 valence electrons. The maximum atomic E-state index is 12.9. The highest BCUT2D eigenvalue weighted by Gasteiger charge is 2.19. The first-order valence-corrected chi connectivity index (χ1v) is 6.06. The molecule has 1 aromatic carbocycles. The third-order valence-electron chi connectivity index (χ3n) is 2.22. The summed E-state index contributed by atoms with van der Waals surface area (Å²) in [6.45, 7) is 1.30. The first-order chi connectivity index (χ1) is 8.97. The summed E-state index contributed by atoms with van der Waals surface area (Å²) in [7, 11) is 0. The monoisotopic (exact) mass is 280 g/mol. The molecule has 0 unspecified atom stereocenters. The number of aromatic nitrogens is 1. The van der Waals surface area contributed by atoms with Crippen LogP contribution < -0.4 is 5.32 Å². The molecule has 7 heteroatoms. The number of benzene rings is 1. The zero-order chi connectivity index (χ0) is 14.0. The number of halogens is 1. The van der Waals surface area contributed by atoms with Gasteiger partial charge in [-0.25, -0.2) is 14.2 Å². The third kappa shape index (κ3) is 2.94. The number of hydrogen-bond donors (Lipinski definition) is 2. The van der Waals surface area contributed by atoms with E-state index in [0.29, 0.717) is 10.4 Å². The van der Waals surface area contributed by atoms with Gasteiger partial charge in [0, 0.05) is 6.92 Å². The smallest absolute Gasteiger partial charge is 0.356 e. The van der Waals surface area contributed by atoms with Crippen LogP contribution in [0.25, 0.3) is 10.4 Å². The third-order valence-corrected chi connectivity index (χ3v) is 3.24. The van der Waals surface area contributed by atoms with E-state index in [9.17, 15) is 14.0 Å². The Morgan fingerprint density at radius 3 is 2.47 bits per heavy atom. The van der Waals surface area contributed by atoms with Crippen LogP contribution in [0.3, 0.4) is 0 Å². The highest BCUT2D eigenvalue weighted by molar-refractivity contribution is 7.19. The van der Waals surface area contributed by atoms with Crippen molar-refractivity contribution in [3.05, 3.63) is 35.8 Å². The molecule has 1 amide bonds. The first-order valence-electron chi connectivity index (χ1n) is 5.25. The van der Waals surface area contributed by atoms with Gasteiger partial charge in [0.15, 0.2) is 10.8 Å². The maximum absolute atomic E-state index is 12.9. The summed E-state index contributed by atoms with van der Waals surface area (Å²) in [6.07, 6.45) is 0. The van der Waals surface area contributed by atoms with Crippen LogP contribution >= 0.6 is 11.3 Å². The van der Waals surface area contributed by atoms with Gasteiger partial charge in [0.1, 0.15) is 5.82 Å².